The largest absolute Gasteiger partial charge is 0.416 e. The van der Waals surface area contributed by atoms with Crippen LogP contribution in [0, 0.1) is 5.82 Å². The lowest BCUT2D eigenvalue weighted by Gasteiger charge is -2.06. The third-order valence-corrected chi connectivity index (χ3v) is 4.77. The molecule has 4 nitrogen and oxygen atoms in total. The van der Waals surface area contributed by atoms with Crippen LogP contribution in [-0.2, 0) is 12.6 Å². The van der Waals surface area contributed by atoms with Gasteiger partial charge in [0.25, 0.3) is 0 Å². The van der Waals surface area contributed by atoms with Crippen molar-refractivity contribution in [1.82, 2.24) is 19.8 Å². The molecule has 0 radical (unpaired) electrons. The van der Waals surface area contributed by atoms with Gasteiger partial charge in [-0.1, -0.05) is 41.7 Å². The zero-order chi connectivity index (χ0) is 18.3. The molecule has 0 unspecified atom stereocenters. The first kappa shape index (κ1) is 16.6. The third kappa shape index (κ3) is 3.05. The van der Waals surface area contributed by atoms with Gasteiger partial charge in [0.1, 0.15) is 10.8 Å². The number of aromatic nitrogens is 4. The number of halogens is 4. The van der Waals surface area contributed by atoms with Crippen LogP contribution in [0.3, 0.4) is 0 Å². The van der Waals surface area contributed by atoms with Gasteiger partial charge in [0.05, 0.1) is 5.56 Å². The third-order valence-electron chi connectivity index (χ3n) is 3.82. The van der Waals surface area contributed by atoms with Gasteiger partial charge in [-0.05, 0) is 23.8 Å². The molecule has 0 fully saturated rings. The Balaban J connectivity index is 1.67. The van der Waals surface area contributed by atoms with Crippen molar-refractivity contribution in [3.05, 3.63) is 71.3 Å². The smallest absolute Gasteiger partial charge is 0.207 e. The van der Waals surface area contributed by atoms with Crippen molar-refractivity contribution in [2.75, 3.05) is 0 Å². The zero-order valence-corrected chi connectivity index (χ0v) is 13.9. The van der Waals surface area contributed by atoms with E-state index in [-0.39, 0.29) is 12.2 Å². The van der Waals surface area contributed by atoms with Crippen molar-refractivity contribution < 1.29 is 17.6 Å². The maximum atomic E-state index is 13.8. The van der Waals surface area contributed by atoms with Crippen LogP contribution in [0.4, 0.5) is 17.6 Å². The molecule has 4 aromatic rings. The first-order chi connectivity index (χ1) is 12.4. The van der Waals surface area contributed by atoms with Crippen molar-refractivity contribution >= 4 is 16.3 Å². The Morgan fingerprint density at radius 1 is 0.962 bits per heavy atom. The average Bonchev–Trinajstić information content (AvgIpc) is 3.18. The molecule has 0 aliphatic rings. The fraction of sp³-hybridized carbons (Fsp3) is 0.118. The predicted octanol–water partition coefficient (Wildman–Crippen LogP) is 4.60. The normalized spacial score (nSPS) is 12.0. The number of rotatable bonds is 3. The van der Waals surface area contributed by atoms with E-state index in [1.807, 2.05) is 0 Å². The second kappa shape index (κ2) is 6.17. The van der Waals surface area contributed by atoms with Gasteiger partial charge < -0.3 is 0 Å². The topological polar surface area (TPSA) is 43.1 Å². The molecule has 0 saturated carbocycles. The van der Waals surface area contributed by atoms with Crippen LogP contribution < -0.4 is 0 Å². The van der Waals surface area contributed by atoms with E-state index in [1.165, 1.54) is 34.1 Å². The predicted molar refractivity (Wildman–Crippen MR) is 88.3 cm³/mol. The molecule has 132 valence electrons. The van der Waals surface area contributed by atoms with Gasteiger partial charge in [0, 0.05) is 12.0 Å². The van der Waals surface area contributed by atoms with Crippen LogP contribution in [0.15, 0.2) is 48.5 Å². The highest BCUT2D eigenvalue weighted by atomic mass is 32.1. The van der Waals surface area contributed by atoms with E-state index in [1.54, 1.807) is 18.2 Å². The van der Waals surface area contributed by atoms with Crippen molar-refractivity contribution in [2.24, 2.45) is 0 Å². The van der Waals surface area contributed by atoms with E-state index in [9.17, 15) is 17.6 Å². The summed E-state index contributed by atoms with van der Waals surface area (Å²) in [6, 6.07) is 11.1. The summed E-state index contributed by atoms with van der Waals surface area (Å²) >= 11 is 1.20. The SMILES string of the molecule is Fc1ccccc1Cc1nnc2sc(-c3ccc(C(F)(F)F)cc3)nn12. The van der Waals surface area contributed by atoms with Crippen LogP contribution in [0.2, 0.25) is 0 Å². The molecular weight excluding hydrogens is 368 g/mol. The second-order valence-corrected chi connectivity index (χ2v) is 6.52. The molecule has 0 atom stereocenters. The minimum atomic E-state index is -4.38. The van der Waals surface area contributed by atoms with E-state index in [0.29, 0.717) is 26.9 Å². The minimum absolute atomic E-state index is 0.212. The molecule has 0 spiro atoms. The molecule has 2 aromatic heterocycles. The van der Waals surface area contributed by atoms with E-state index in [4.69, 9.17) is 0 Å². The van der Waals surface area contributed by atoms with Crippen molar-refractivity contribution in [1.29, 1.82) is 0 Å². The minimum Gasteiger partial charge on any atom is -0.207 e. The molecule has 0 bridgehead atoms. The molecule has 0 aliphatic heterocycles. The summed E-state index contributed by atoms with van der Waals surface area (Å²) in [5.41, 5.74) is 0.292. The van der Waals surface area contributed by atoms with Crippen LogP contribution in [0.1, 0.15) is 17.0 Å². The Kier molecular flexibility index (Phi) is 3.95. The molecule has 2 aromatic carbocycles. The van der Waals surface area contributed by atoms with Crippen molar-refractivity contribution in [3.8, 4) is 10.6 Å². The number of fused-ring (bicyclic) bond motifs is 1. The highest BCUT2D eigenvalue weighted by Gasteiger charge is 2.30. The Bertz CT molecular complexity index is 1070. The average molecular weight is 378 g/mol. The van der Waals surface area contributed by atoms with Crippen LogP contribution >= 0.6 is 11.3 Å². The Morgan fingerprint density at radius 2 is 1.69 bits per heavy atom. The van der Waals surface area contributed by atoms with Gasteiger partial charge in [0.15, 0.2) is 5.82 Å². The highest BCUT2D eigenvalue weighted by Crippen LogP contribution is 2.32. The van der Waals surface area contributed by atoms with Gasteiger partial charge in [0.2, 0.25) is 4.96 Å². The fourth-order valence-electron chi connectivity index (χ4n) is 2.50. The standard InChI is InChI=1S/C17H10F4N4S/c18-13-4-2-1-3-11(13)9-14-22-23-16-25(14)24-15(26-16)10-5-7-12(8-6-10)17(19,20)21/h1-8H,9H2. The molecule has 4 rings (SSSR count). The Labute approximate surface area is 148 Å². The number of nitrogens with zero attached hydrogens (tertiary/aromatic N) is 4. The lowest BCUT2D eigenvalue weighted by molar-refractivity contribution is -0.137. The zero-order valence-electron chi connectivity index (χ0n) is 13.0. The number of alkyl halides is 3. The van der Waals surface area contributed by atoms with Crippen LogP contribution in [-0.4, -0.2) is 19.8 Å². The van der Waals surface area contributed by atoms with Crippen molar-refractivity contribution in [2.45, 2.75) is 12.6 Å². The lowest BCUT2D eigenvalue weighted by atomic mass is 10.1. The summed E-state index contributed by atoms with van der Waals surface area (Å²) in [4.78, 5) is 0.492. The first-order valence-electron chi connectivity index (χ1n) is 7.54. The number of hydrogen-bond donors (Lipinski definition) is 0. The molecule has 0 saturated heterocycles. The monoisotopic (exact) mass is 378 g/mol. The van der Waals surface area contributed by atoms with E-state index in [0.717, 1.165) is 12.1 Å². The lowest BCUT2D eigenvalue weighted by Crippen LogP contribution is -2.04. The summed E-state index contributed by atoms with van der Waals surface area (Å²) in [5.74, 6) is 0.113. The summed E-state index contributed by atoms with van der Waals surface area (Å²) in [6.07, 6.45) is -4.17. The van der Waals surface area contributed by atoms with Crippen molar-refractivity contribution in [3.63, 3.8) is 0 Å². The maximum Gasteiger partial charge on any atom is 0.416 e. The summed E-state index contributed by atoms with van der Waals surface area (Å²) in [7, 11) is 0. The molecule has 2 heterocycles. The van der Waals surface area contributed by atoms with Gasteiger partial charge in [-0.15, -0.1) is 10.2 Å². The van der Waals surface area contributed by atoms with Gasteiger partial charge >= 0.3 is 6.18 Å². The maximum absolute atomic E-state index is 13.8. The molecule has 0 N–H and O–H groups in total. The van der Waals surface area contributed by atoms with E-state index < -0.39 is 11.7 Å². The molecule has 0 amide bonds. The van der Waals surface area contributed by atoms with Crippen LogP contribution in [0.25, 0.3) is 15.5 Å². The Hall–Kier alpha value is -2.81. The molecule has 0 aliphatic carbocycles. The van der Waals surface area contributed by atoms with Gasteiger partial charge in [-0.25, -0.2) is 4.39 Å². The summed E-state index contributed by atoms with van der Waals surface area (Å²) in [6.45, 7) is 0. The van der Waals surface area contributed by atoms with Gasteiger partial charge in [-0.2, -0.15) is 22.8 Å². The summed E-state index contributed by atoms with van der Waals surface area (Å²) < 4.78 is 53.3. The highest BCUT2D eigenvalue weighted by molar-refractivity contribution is 7.19. The molecular formula is C17H10F4N4S. The molecule has 26 heavy (non-hydrogen) atoms. The number of hydrogen-bond acceptors (Lipinski definition) is 4. The van der Waals surface area contributed by atoms with E-state index in [2.05, 4.69) is 15.3 Å². The fourth-order valence-corrected chi connectivity index (χ4v) is 3.36. The van der Waals surface area contributed by atoms with Gasteiger partial charge in [-0.3, -0.25) is 0 Å². The number of benzene rings is 2. The summed E-state index contributed by atoms with van der Waals surface area (Å²) in [5, 5.41) is 12.9. The van der Waals surface area contributed by atoms with E-state index >= 15 is 0 Å². The van der Waals surface area contributed by atoms with Crippen LogP contribution in [0.5, 0.6) is 0 Å². The Morgan fingerprint density at radius 3 is 2.38 bits per heavy atom. The quantitative estimate of drug-likeness (QED) is 0.489. The second-order valence-electron chi connectivity index (χ2n) is 5.56. The first-order valence-corrected chi connectivity index (χ1v) is 8.35. The molecule has 9 heteroatoms.